The SMILES string of the molecule is COc1cc2c(cc1O)[C@@H]1[C@H](O)[C@@H](O)C=C3CCN(C2)[C@H]31. The number of phenolic OH excluding ortho intramolecular Hbond substituents is 1. The van der Waals surface area contributed by atoms with Crippen molar-refractivity contribution in [1.29, 1.82) is 0 Å². The molecule has 0 spiro atoms. The minimum Gasteiger partial charge on any atom is -0.504 e. The van der Waals surface area contributed by atoms with Gasteiger partial charge < -0.3 is 20.1 Å². The minimum absolute atomic E-state index is 0.0838. The van der Waals surface area contributed by atoms with Gasteiger partial charge in [0.25, 0.3) is 0 Å². The highest BCUT2D eigenvalue weighted by molar-refractivity contribution is 5.51. The van der Waals surface area contributed by atoms with Crippen LogP contribution in [0.25, 0.3) is 0 Å². The minimum atomic E-state index is -0.841. The van der Waals surface area contributed by atoms with Crippen LogP contribution >= 0.6 is 0 Å². The van der Waals surface area contributed by atoms with Gasteiger partial charge in [-0.15, -0.1) is 0 Å². The summed E-state index contributed by atoms with van der Waals surface area (Å²) in [6, 6.07) is 3.67. The van der Waals surface area contributed by atoms with E-state index in [1.807, 2.05) is 6.07 Å². The zero-order valence-electron chi connectivity index (χ0n) is 11.9. The van der Waals surface area contributed by atoms with E-state index >= 15 is 0 Å². The number of hydrogen-bond acceptors (Lipinski definition) is 5. The lowest BCUT2D eigenvalue weighted by molar-refractivity contribution is -0.00162. The summed E-state index contributed by atoms with van der Waals surface area (Å²) in [5.74, 6) is 0.344. The largest absolute Gasteiger partial charge is 0.504 e. The van der Waals surface area contributed by atoms with Crippen LogP contribution < -0.4 is 4.74 Å². The highest BCUT2D eigenvalue weighted by Gasteiger charge is 2.48. The summed E-state index contributed by atoms with van der Waals surface area (Å²) in [4.78, 5) is 2.34. The Bertz CT molecular complexity index is 627. The van der Waals surface area contributed by atoms with E-state index in [2.05, 4.69) is 4.90 Å². The van der Waals surface area contributed by atoms with Gasteiger partial charge >= 0.3 is 0 Å². The van der Waals surface area contributed by atoms with E-state index < -0.39 is 12.2 Å². The molecule has 5 heteroatoms. The average molecular weight is 289 g/mol. The third kappa shape index (κ3) is 1.75. The summed E-state index contributed by atoms with van der Waals surface area (Å²) in [7, 11) is 1.53. The van der Waals surface area contributed by atoms with E-state index in [1.165, 1.54) is 12.7 Å². The Balaban J connectivity index is 1.88. The maximum absolute atomic E-state index is 10.5. The van der Waals surface area contributed by atoms with Crippen molar-refractivity contribution in [3.05, 3.63) is 34.9 Å². The molecule has 21 heavy (non-hydrogen) atoms. The van der Waals surface area contributed by atoms with Gasteiger partial charge in [0, 0.05) is 25.0 Å². The van der Waals surface area contributed by atoms with Gasteiger partial charge in [0.15, 0.2) is 11.5 Å². The molecule has 1 fully saturated rings. The summed E-state index contributed by atoms with van der Waals surface area (Å²) >= 11 is 0. The first-order valence-corrected chi connectivity index (χ1v) is 7.30. The first-order chi connectivity index (χ1) is 10.1. The highest BCUT2D eigenvalue weighted by atomic mass is 16.5. The zero-order chi connectivity index (χ0) is 14.7. The number of nitrogens with zero attached hydrogens (tertiary/aromatic N) is 1. The van der Waals surface area contributed by atoms with E-state index in [4.69, 9.17) is 4.74 Å². The maximum Gasteiger partial charge on any atom is 0.160 e. The summed E-state index contributed by atoms with van der Waals surface area (Å²) in [5, 5.41) is 30.6. The predicted molar refractivity (Wildman–Crippen MR) is 76.3 cm³/mol. The van der Waals surface area contributed by atoms with Crippen LogP contribution in [0.5, 0.6) is 11.5 Å². The number of ether oxygens (including phenoxy) is 1. The van der Waals surface area contributed by atoms with E-state index in [1.54, 1.807) is 12.1 Å². The monoisotopic (exact) mass is 289 g/mol. The van der Waals surface area contributed by atoms with Gasteiger partial charge in [0.2, 0.25) is 0 Å². The molecule has 0 bridgehead atoms. The lowest BCUT2D eigenvalue weighted by atomic mass is 9.73. The number of benzene rings is 1. The second kappa shape index (κ2) is 4.47. The number of aliphatic hydroxyl groups is 2. The van der Waals surface area contributed by atoms with Gasteiger partial charge in [0.05, 0.1) is 19.3 Å². The lowest BCUT2D eigenvalue weighted by Crippen LogP contribution is -2.49. The van der Waals surface area contributed by atoms with E-state index in [0.29, 0.717) is 5.75 Å². The Morgan fingerprint density at radius 2 is 2.10 bits per heavy atom. The highest BCUT2D eigenvalue weighted by Crippen LogP contribution is 2.48. The molecule has 2 heterocycles. The third-order valence-electron chi connectivity index (χ3n) is 5.08. The molecule has 3 N–H and O–H groups in total. The van der Waals surface area contributed by atoms with E-state index in [9.17, 15) is 15.3 Å². The number of rotatable bonds is 1. The van der Waals surface area contributed by atoms with Crippen LogP contribution in [0.2, 0.25) is 0 Å². The molecule has 3 aliphatic rings. The van der Waals surface area contributed by atoms with Gasteiger partial charge in [-0.3, -0.25) is 4.90 Å². The maximum atomic E-state index is 10.5. The van der Waals surface area contributed by atoms with Crippen molar-refractivity contribution in [2.45, 2.75) is 37.1 Å². The number of aromatic hydroxyl groups is 1. The predicted octanol–water partition coefficient (Wildman–Crippen LogP) is 0.734. The first kappa shape index (κ1) is 13.1. The van der Waals surface area contributed by atoms with Crippen LogP contribution in [-0.2, 0) is 6.54 Å². The molecule has 1 aromatic carbocycles. The van der Waals surface area contributed by atoms with Gasteiger partial charge in [-0.2, -0.15) is 0 Å². The van der Waals surface area contributed by atoms with Crippen molar-refractivity contribution in [3.63, 3.8) is 0 Å². The number of phenols is 1. The molecule has 0 amide bonds. The smallest absolute Gasteiger partial charge is 0.160 e. The van der Waals surface area contributed by atoms with E-state index in [-0.39, 0.29) is 17.7 Å². The lowest BCUT2D eigenvalue weighted by Gasteiger charge is -2.44. The third-order valence-corrected chi connectivity index (χ3v) is 5.08. The fourth-order valence-electron chi connectivity index (χ4n) is 4.14. The first-order valence-electron chi connectivity index (χ1n) is 7.30. The molecule has 0 unspecified atom stereocenters. The second-order valence-electron chi connectivity index (χ2n) is 6.14. The zero-order valence-corrected chi connectivity index (χ0v) is 11.9. The molecule has 1 aromatic rings. The number of methoxy groups -OCH3 is 1. The van der Waals surface area contributed by atoms with Crippen LogP contribution in [0.1, 0.15) is 23.5 Å². The molecule has 0 aromatic heterocycles. The average Bonchev–Trinajstić information content (AvgIpc) is 2.86. The summed E-state index contributed by atoms with van der Waals surface area (Å²) in [5.41, 5.74) is 3.19. The van der Waals surface area contributed by atoms with Crippen molar-refractivity contribution in [3.8, 4) is 11.5 Å². The van der Waals surface area contributed by atoms with Crippen LogP contribution in [-0.4, -0.2) is 52.1 Å². The summed E-state index contributed by atoms with van der Waals surface area (Å²) in [6.45, 7) is 1.72. The number of aliphatic hydroxyl groups excluding tert-OH is 2. The van der Waals surface area contributed by atoms with Gasteiger partial charge in [-0.1, -0.05) is 11.6 Å². The normalized spacial score (nSPS) is 34.1. The van der Waals surface area contributed by atoms with Crippen molar-refractivity contribution < 1.29 is 20.1 Å². The van der Waals surface area contributed by atoms with Crippen molar-refractivity contribution in [2.75, 3.05) is 13.7 Å². The molecular weight excluding hydrogens is 270 g/mol. The second-order valence-corrected chi connectivity index (χ2v) is 6.14. The standard InChI is InChI=1S/C16H19NO4/c1-21-13-5-9-7-17-3-2-8-4-12(19)16(20)14(15(8)17)10(9)6-11(13)18/h4-6,12,14-16,18-20H,2-3,7H2,1H3/t12-,14-,15+,16+/m0/s1. The molecule has 2 aliphatic heterocycles. The van der Waals surface area contributed by atoms with Crippen molar-refractivity contribution in [2.24, 2.45) is 0 Å². The molecule has 1 aliphatic carbocycles. The van der Waals surface area contributed by atoms with Gasteiger partial charge in [-0.05, 0) is 29.7 Å². The molecular formula is C16H19NO4. The van der Waals surface area contributed by atoms with Crippen LogP contribution in [0.15, 0.2) is 23.8 Å². The topological polar surface area (TPSA) is 73.2 Å². The Kier molecular flexibility index (Phi) is 2.79. The number of hydrogen-bond donors (Lipinski definition) is 3. The van der Waals surface area contributed by atoms with Crippen molar-refractivity contribution in [1.82, 2.24) is 4.90 Å². The van der Waals surface area contributed by atoms with Crippen molar-refractivity contribution >= 4 is 0 Å². The van der Waals surface area contributed by atoms with Crippen LogP contribution in [0.4, 0.5) is 0 Å². The fourth-order valence-corrected chi connectivity index (χ4v) is 4.14. The van der Waals surface area contributed by atoms with E-state index in [0.717, 1.165) is 30.6 Å². The van der Waals surface area contributed by atoms with Gasteiger partial charge in [0.1, 0.15) is 0 Å². The Hall–Kier alpha value is -1.56. The van der Waals surface area contributed by atoms with Crippen LogP contribution in [0.3, 0.4) is 0 Å². The Morgan fingerprint density at radius 1 is 1.29 bits per heavy atom. The number of fused-ring (bicyclic) bond motifs is 2. The molecule has 5 nitrogen and oxygen atoms in total. The van der Waals surface area contributed by atoms with Gasteiger partial charge in [-0.25, -0.2) is 0 Å². The quantitative estimate of drug-likeness (QED) is 0.665. The molecule has 1 saturated heterocycles. The Morgan fingerprint density at radius 3 is 2.86 bits per heavy atom. The molecule has 4 rings (SSSR count). The summed E-state index contributed by atoms with van der Waals surface area (Å²) < 4.78 is 5.18. The molecule has 4 atom stereocenters. The Labute approximate surface area is 123 Å². The van der Waals surface area contributed by atoms with Crippen LogP contribution in [0, 0.1) is 0 Å². The molecule has 112 valence electrons. The fraction of sp³-hybridized carbons (Fsp3) is 0.500. The summed E-state index contributed by atoms with van der Waals surface area (Å²) in [6.07, 6.45) is 1.06. The molecule has 0 radical (unpaired) electrons. The molecule has 0 saturated carbocycles.